The van der Waals surface area contributed by atoms with Gasteiger partial charge in [0, 0.05) is 28.9 Å². The summed E-state index contributed by atoms with van der Waals surface area (Å²) in [5, 5.41) is 10.5. The predicted octanol–water partition coefficient (Wildman–Crippen LogP) is 9.33. The van der Waals surface area contributed by atoms with Crippen molar-refractivity contribution in [3.05, 3.63) is 129 Å². The lowest BCUT2D eigenvalue weighted by molar-refractivity contribution is -0.153. The number of carbonyl (C=O) groups excluding carboxylic acids is 1. The lowest BCUT2D eigenvalue weighted by Crippen LogP contribution is -2.25. The van der Waals surface area contributed by atoms with Crippen LogP contribution in [0, 0.1) is 0 Å². The molecule has 9 heteroatoms. The van der Waals surface area contributed by atoms with E-state index >= 15 is 0 Å². The monoisotopic (exact) mass is 668 g/mol. The van der Waals surface area contributed by atoms with Gasteiger partial charge in [-0.1, -0.05) is 77.8 Å². The van der Waals surface area contributed by atoms with Gasteiger partial charge in [-0.25, -0.2) is 9.78 Å². The topological polar surface area (TPSA) is 90.7 Å². The lowest BCUT2D eigenvalue weighted by Gasteiger charge is -2.20. The van der Waals surface area contributed by atoms with Crippen LogP contribution in [0.4, 0.5) is 0 Å². The second kappa shape index (κ2) is 14.3. The minimum atomic E-state index is -0.982. The van der Waals surface area contributed by atoms with E-state index in [1.54, 1.807) is 37.4 Å². The van der Waals surface area contributed by atoms with Crippen LogP contribution in [0.15, 0.2) is 91.1 Å². The Kier molecular flexibility index (Phi) is 10.2. The molecule has 0 spiro atoms. The van der Waals surface area contributed by atoms with Gasteiger partial charge in [-0.05, 0) is 85.5 Å². The first kappa shape index (κ1) is 33.5. The number of ether oxygens (including phenoxy) is 2. The van der Waals surface area contributed by atoms with Gasteiger partial charge in [0.1, 0.15) is 17.2 Å². The van der Waals surface area contributed by atoms with E-state index in [9.17, 15) is 14.7 Å². The quantitative estimate of drug-likeness (QED) is 0.149. The number of rotatable bonds is 10. The molecule has 5 aromatic rings. The van der Waals surface area contributed by atoms with Crippen molar-refractivity contribution >= 4 is 47.3 Å². The third-order valence-electron chi connectivity index (χ3n) is 7.25. The molecule has 0 unspecified atom stereocenters. The number of hydrogen-bond acceptors (Lipinski definition) is 5. The molecule has 47 heavy (non-hydrogen) atoms. The summed E-state index contributed by atoms with van der Waals surface area (Å²) in [5.41, 5.74) is 5.54. The molecule has 4 aromatic carbocycles. The molecule has 5 rings (SSSR count). The molecule has 1 N–H and O–H groups in total. The molecular formula is C38H34Cl2N2O5. The van der Waals surface area contributed by atoms with E-state index in [4.69, 9.17) is 37.7 Å². The first-order valence-electron chi connectivity index (χ1n) is 14.9. The van der Waals surface area contributed by atoms with Crippen LogP contribution in [0.2, 0.25) is 10.0 Å². The largest absolute Gasteiger partial charge is 0.496 e. The maximum atomic E-state index is 12.4. The van der Waals surface area contributed by atoms with Crippen LogP contribution in [-0.4, -0.2) is 39.3 Å². The van der Waals surface area contributed by atoms with Crippen molar-refractivity contribution in [3.8, 4) is 28.1 Å². The maximum Gasteiger partial charge on any atom is 0.335 e. The Hall–Kier alpha value is -4.85. The number of imidazole rings is 1. The molecule has 0 bridgehead atoms. The number of carboxylic acid groups (broad SMARTS) is 1. The van der Waals surface area contributed by atoms with Crippen molar-refractivity contribution < 1.29 is 24.2 Å². The van der Waals surface area contributed by atoms with Crippen LogP contribution < -0.4 is 4.74 Å². The van der Waals surface area contributed by atoms with E-state index < -0.39 is 11.6 Å². The van der Waals surface area contributed by atoms with Crippen LogP contribution in [0.5, 0.6) is 5.75 Å². The van der Waals surface area contributed by atoms with Crippen molar-refractivity contribution in [1.82, 2.24) is 9.55 Å². The van der Waals surface area contributed by atoms with Gasteiger partial charge in [-0.2, -0.15) is 0 Å². The number of benzene rings is 4. The Morgan fingerprint density at radius 2 is 1.66 bits per heavy atom. The normalized spacial score (nSPS) is 11.5. The number of nitrogens with zero attached hydrogens (tertiary/aromatic N) is 2. The number of esters is 1. The molecule has 0 atom stereocenters. The molecule has 0 aliphatic carbocycles. The molecular weight excluding hydrogens is 635 g/mol. The lowest BCUT2D eigenvalue weighted by atomic mass is 10.0. The standard InChI is InChI=1S/C38H34Cl2N2O5/c1-38(2,3)47-36(43)20-28-14-13-27(19-34(28)46-4)26-11-8-24(9-12-26)10-17-35-41-33(31-16-15-30(39)21-32(31)40)23-42(35)22-25-6-5-7-29(18-25)37(44)45/h5-19,21,23H,20,22H2,1-4H3,(H,44,45)/b17-10+. The van der Waals surface area contributed by atoms with Gasteiger partial charge in [0.2, 0.25) is 0 Å². The number of aromatic nitrogens is 2. The Bertz CT molecular complexity index is 1960. The summed E-state index contributed by atoms with van der Waals surface area (Å²) in [6.07, 6.45) is 5.90. The number of carboxylic acids is 1. The van der Waals surface area contributed by atoms with Crippen LogP contribution in [0.25, 0.3) is 34.5 Å². The van der Waals surface area contributed by atoms with Crippen molar-refractivity contribution in [3.63, 3.8) is 0 Å². The van der Waals surface area contributed by atoms with Gasteiger partial charge in [0.15, 0.2) is 0 Å². The second-order valence-electron chi connectivity index (χ2n) is 12.0. The minimum Gasteiger partial charge on any atom is -0.496 e. The van der Waals surface area contributed by atoms with Gasteiger partial charge in [0.05, 0.1) is 29.8 Å². The summed E-state index contributed by atoms with van der Waals surface area (Å²) in [5.74, 6) is -0.00172. The van der Waals surface area contributed by atoms with Gasteiger partial charge in [-0.3, -0.25) is 4.79 Å². The average molecular weight is 670 g/mol. The second-order valence-corrected chi connectivity index (χ2v) is 12.8. The van der Waals surface area contributed by atoms with E-state index in [0.29, 0.717) is 33.9 Å². The van der Waals surface area contributed by atoms with Crippen molar-refractivity contribution in [2.24, 2.45) is 0 Å². The summed E-state index contributed by atoms with van der Waals surface area (Å²) in [6.45, 7) is 5.94. The number of methoxy groups -OCH3 is 1. The summed E-state index contributed by atoms with van der Waals surface area (Å²) in [7, 11) is 1.59. The first-order valence-corrected chi connectivity index (χ1v) is 15.7. The highest BCUT2D eigenvalue weighted by Crippen LogP contribution is 2.31. The molecule has 0 aliphatic rings. The molecule has 1 heterocycles. The molecule has 0 saturated heterocycles. The third-order valence-corrected chi connectivity index (χ3v) is 7.80. The average Bonchev–Trinajstić information content (AvgIpc) is 3.41. The summed E-state index contributed by atoms with van der Waals surface area (Å²) >= 11 is 12.6. The predicted molar refractivity (Wildman–Crippen MR) is 187 cm³/mol. The summed E-state index contributed by atoms with van der Waals surface area (Å²) in [6, 6.07) is 25.9. The Balaban J connectivity index is 1.39. The zero-order valence-corrected chi connectivity index (χ0v) is 28.0. The molecule has 0 amide bonds. The first-order chi connectivity index (χ1) is 22.4. The Labute approximate surface area is 284 Å². The number of halogens is 2. The fraction of sp³-hybridized carbons (Fsp3) is 0.184. The van der Waals surface area contributed by atoms with Gasteiger partial charge >= 0.3 is 11.9 Å². The molecule has 0 saturated carbocycles. The van der Waals surface area contributed by atoms with E-state index in [1.165, 1.54) is 0 Å². The fourth-order valence-corrected chi connectivity index (χ4v) is 5.58. The van der Waals surface area contributed by atoms with Crippen LogP contribution in [0.3, 0.4) is 0 Å². The number of aromatic carboxylic acids is 1. The van der Waals surface area contributed by atoms with E-state index in [2.05, 4.69) is 0 Å². The smallest absolute Gasteiger partial charge is 0.335 e. The minimum absolute atomic E-state index is 0.122. The van der Waals surface area contributed by atoms with Crippen molar-refractivity contribution in [2.75, 3.05) is 7.11 Å². The summed E-state index contributed by atoms with van der Waals surface area (Å²) < 4.78 is 13.0. The Morgan fingerprint density at radius 3 is 2.34 bits per heavy atom. The van der Waals surface area contributed by atoms with Crippen LogP contribution >= 0.6 is 23.2 Å². The van der Waals surface area contributed by atoms with E-state index in [-0.39, 0.29) is 18.0 Å². The molecule has 0 aliphatic heterocycles. The Morgan fingerprint density at radius 1 is 0.915 bits per heavy atom. The number of hydrogen-bond donors (Lipinski definition) is 1. The summed E-state index contributed by atoms with van der Waals surface area (Å²) in [4.78, 5) is 28.8. The van der Waals surface area contributed by atoms with Gasteiger partial charge in [-0.15, -0.1) is 0 Å². The fourth-order valence-electron chi connectivity index (χ4n) is 5.08. The van der Waals surface area contributed by atoms with Gasteiger partial charge in [0.25, 0.3) is 0 Å². The highest BCUT2D eigenvalue weighted by molar-refractivity contribution is 6.36. The third kappa shape index (κ3) is 8.70. The molecule has 240 valence electrons. The van der Waals surface area contributed by atoms with E-state index in [1.807, 2.05) is 98.3 Å². The molecule has 0 radical (unpaired) electrons. The SMILES string of the molecule is COc1cc(-c2ccc(/C=C/c3nc(-c4ccc(Cl)cc4Cl)cn3Cc3cccc(C(=O)O)c3)cc2)ccc1CC(=O)OC(C)(C)C. The molecule has 1 aromatic heterocycles. The zero-order valence-electron chi connectivity index (χ0n) is 26.5. The van der Waals surface area contributed by atoms with Crippen molar-refractivity contribution in [2.45, 2.75) is 39.3 Å². The van der Waals surface area contributed by atoms with Gasteiger partial charge < -0.3 is 19.1 Å². The van der Waals surface area contributed by atoms with E-state index in [0.717, 1.165) is 33.4 Å². The zero-order chi connectivity index (χ0) is 33.7. The highest BCUT2D eigenvalue weighted by atomic mass is 35.5. The van der Waals surface area contributed by atoms with Crippen LogP contribution in [-0.2, 0) is 22.5 Å². The van der Waals surface area contributed by atoms with Crippen LogP contribution in [0.1, 0.15) is 53.6 Å². The molecule has 0 fully saturated rings. The molecule has 7 nitrogen and oxygen atoms in total. The number of carbonyl (C=O) groups is 2. The highest BCUT2D eigenvalue weighted by Gasteiger charge is 2.18. The van der Waals surface area contributed by atoms with Crippen molar-refractivity contribution in [1.29, 1.82) is 0 Å². The maximum absolute atomic E-state index is 12.4.